The van der Waals surface area contributed by atoms with Crippen LogP contribution in [-0.4, -0.2) is 45.4 Å². The minimum Gasteiger partial charge on any atom is -0.468 e. The molecule has 88 valence electrons. The predicted octanol–water partition coefficient (Wildman–Crippen LogP) is -0.522. The second-order valence-electron chi connectivity index (χ2n) is 3.35. The van der Waals surface area contributed by atoms with E-state index in [2.05, 4.69) is 9.46 Å². The SMILES string of the molecule is CNS(=O)(=O)N1CCCC[C@@H]1C(=O)OC. The van der Waals surface area contributed by atoms with Crippen molar-refractivity contribution >= 4 is 16.2 Å². The molecule has 0 saturated carbocycles. The normalized spacial score (nSPS) is 23.7. The minimum absolute atomic E-state index is 0.364. The maximum absolute atomic E-state index is 11.6. The average Bonchev–Trinajstić information content (AvgIpc) is 2.28. The van der Waals surface area contributed by atoms with Crippen molar-refractivity contribution in [2.75, 3.05) is 20.7 Å². The number of hydrogen-bond donors (Lipinski definition) is 1. The quantitative estimate of drug-likeness (QED) is 0.669. The summed E-state index contributed by atoms with van der Waals surface area (Å²) in [7, 11) is -0.946. The zero-order valence-corrected chi connectivity index (χ0v) is 9.71. The number of methoxy groups -OCH3 is 1. The molecular weight excluding hydrogens is 220 g/mol. The van der Waals surface area contributed by atoms with Gasteiger partial charge in [-0.3, -0.25) is 4.79 Å². The highest BCUT2D eigenvalue weighted by atomic mass is 32.2. The fourth-order valence-electron chi connectivity index (χ4n) is 1.68. The standard InChI is InChI=1S/C8H16N2O4S/c1-9-15(12,13)10-6-4-3-5-7(10)8(11)14-2/h7,9H,3-6H2,1-2H3/t7-/m1/s1. The Morgan fingerprint density at radius 2 is 2.13 bits per heavy atom. The van der Waals surface area contributed by atoms with E-state index in [9.17, 15) is 13.2 Å². The molecule has 1 aliphatic heterocycles. The second-order valence-corrected chi connectivity index (χ2v) is 5.18. The number of piperidine rings is 1. The third-order valence-electron chi connectivity index (χ3n) is 2.49. The third-order valence-corrected chi connectivity index (χ3v) is 4.06. The van der Waals surface area contributed by atoms with Gasteiger partial charge in [0.1, 0.15) is 6.04 Å². The van der Waals surface area contributed by atoms with Crippen LogP contribution in [0, 0.1) is 0 Å². The van der Waals surface area contributed by atoms with Crippen LogP contribution in [-0.2, 0) is 19.7 Å². The Hall–Kier alpha value is -0.660. The van der Waals surface area contributed by atoms with Gasteiger partial charge in [-0.05, 0) is 19.3 Å². The van der Waals surface area contributed by atoms with Gasteiger partial charge in [0.05, 0.1) is 7.11 Å². The van der Waals surface area contributed by atoms with E-state index >= 15 is 0 Å². The highest BCUT2D eigenvalue weighted by Crippen LogP contribution is 2.20. The summed E-state index contributed by atoms with van der Waals surface area (Å²) in [5, 5.41) is 0. The van der Waals surface area contributed by atoms with Gasteiger partial charge in [0.2, 0.25) is 0 Å². The van der Waals surface area contributed by atoms with Gasteiger partial charge in [-0.1, -0.05) is 0 Å². The maximum atomic E-state index is 11.6. The highest BCUT2D eigenvalue weighted by molar-refractivity contribution is 7.87. The number of nitrogens with zero attached hydrogens (tertiary/aromatic N) is 1. The molecule has 0 bridgehead atoms. The molecule has 1 saturated heterocycles. The van der Waals surface area contributed by atoms with Crippen molar-refractivity contribution in [2.24, 2.45) is 0 Å². The van der Waals surface area contributed by atoms with Crippen molar-refractivity contribution in [1.29, 1.82) is 0 Å². The van der Waals surface area contributed by atoms with Gasteiger partial charge in [0, 0.05) is 13.6 Å². The Bertz CT molecular complexity index is 328. The van der Waals surface area contributed by atoms with E-state index in [4.69, 9.17) is 0 Å². The van der Waals surface area contributed by atoms with Gasteiger partial charge < -0.3 is 4.74 Å². The van der Waals surface area contributed by atoms with E-state index in [0.717, 1.165) is 12.8 Å². The van der Waals surface area contributed by atoms with Crippen molar-refractivity contribution in [3.8, 4) is 0 Å². The molecule has 1 rings (SSSR count). The molecule has 1 atom stereocenters. The molecule has 0 aromatic carbocycles. The lowest BCUT2D eigenvalue weighted by atomic mass is 10.1. The Balaban J connectivity index is 2.88. The molecule has 0 spiro atoms. The first-order valence-corrected chi connectivity index (χ1v) is 6.25. The lowest BCUT2D eigenvalue weighted by molar-refractivity contribution is -0.146. The molecule has 1 N–H and O–H groups in total. The summed E-state index contributed by atoms with van der Waals surface area (Å²) in [4.78, 5) is 11.4. The first kappa shape index (κ1) is 12.4. The minimum atomic E-state index is -3.54. The molecule has 0 aromatic heterocycles. The van der Waals surface area contributed by atoms with Crippen LogP contribution in [0.4, 0.5) is 0 Å². The van der Waals surface area contributed by atoms with Crippen LogP contribution in [0.25, 0.3) is 0 Å². The van der Waals surface area contributed by atoms with Crippen molar-refractivity contribution < 1.29 is 17.9 Å². The molecule has 0 aromatic rings. The van der Waals surface area contributed by atoms with Crippen molar-refractivity contribution in [3.63, 3.8) is 0 Å². The number of carbonyl (C=O) groups is 1. The predicted molar refractivity (Wildman–Crippen MR) is 54.3 cm³/mol. The van der Waals surface area contributed by atoms with Crippen LogP contribution < -0.4 is 4.72 Å². The van der Waals surface area contributed by atoms with Crippen LogP contribution in [0.3, 0.4) is 0 Å². The molecule has 1 fully saturated rings. The van der Waals surface area contributed by atoms with Gasteiger partial charge >= 0.3 is 5.97 Å². The van der Waals surface area contributed by atoms with Crippen LogP contribution >= 0.6 is 0 Å². The molecular formula is C8H16N2O4S. The molecule has 0 radical (unpaired) electrons. The van der Waals surface area contributed by atoms with Crippen molar-refractivity contribution in [2.45, 2.75) is 25.3 Å². The van der Waals surface area contributed by atoms with E-state index in [1.807, 2.05) is 0 Å². The zero-order valence-electron chi connectivity index (χ0n) is 8.89. The summed E-state index contributed by atoms with van der Waals surface area (Å²) in [6.45, 7) is 0.364. The average molecular weight is 236 g/mol. The maximum Gasteiger partial charge on any atom is 0.324 e. The molecule has 1 aliphatic rings. The second kappa shape index (κ2) is 4.91. The first-order chi connectivity index (χ1) is 7.03. The Labute approximate surface area is 89.8 Å². The van der Waals surface area contributed by atoms with Gasteiger partial charge in [0.25, 0.3) is 10.2 Å². The van der Waals surface area contributed by atoms with E-state index < -0.39 is 22.2 Å². The molecule has 0 unspecified atom stereocenters. The number of rotatable bonds is 3. The first-order valence-electron chi connectivity index (χ1n) is 4.81. The molecule has 1 heterocycles. The Kier molecular flexibility index (Phi) is 4.06. The monoisotopic (exact) mass is 236 g/mol. The Morgan fingerprint density at radius 1 is 1.47 bits per heavy atom. The molecule has 15 heavy (non-hydrogen) atoms. The van der Waals surface area contributed by atoms with Gasteiger partial charge in [-0.2, -0.15) is 12.7 Å². The van der Waals surface area contributed by atoms with E-state index in [-0.39, 0.29) is 0 Å². The molecule has 6 nitrogen and oxygen atoms in total. The summed E-state index contributed by atoms with van der Waals surface area (Å²) in [6, 6.07) is -0.679. The number of carbonyl (C=O) groups excluding carboxylic acids is 1. The number of nitrogens with one attached hydrogen (secondary N) is 1. The van der Waals surface area contributed by atoms with Gasteiger partial charge in [0.15, 0.2) is 0 Å². The number of esters is 1. The summed E-state index contributed by atoms with van der Waals surface area (Å²) in [5.41, 5.74) is 0. The van der Waals surface area contributed by atoms with Crippen molar-refractivity contribution in [1.82, 2.24) is 9.03 Å². The lowest BCUT2D eigenvalue weighted by Gasteiger charge is -2.32. The number of hydrogen-bond acceptors (Lipinski definition) is 4. The van der Waals surface area contributed by atoms with Crippen molar-refractivity contribution in [3.05, 3.63) is 0 Å². The number of ether oxygens (including phenoxy) is 1. The molecule has 0 aliphatic carbocycles. The summed E-state index contributed by atoms with van der Waals surface area (Å²) >= 11 is 0. The molecule has 7 heteroatoms. The van der Waals surface area contributed by atoms with Crippen LogP contribution in [0.1, 0.15) is 19.3 Å². The van der Waals surface area contributed by atoms with E-state index in [1.165, 1.54) is 18.5 Å². The van der Waals surface area contributed by atoms with Crippen LogP contribution in [0.2, 0.25) is 0 Å². The summed E-state index contributed by atoms with van der Waals surface area (Å²) in [6.07, 6.45) is 2.14. The fraction of sp³-hybridized carbons (Fsp3) is 0.875. The summed E-state index contributed by atoms with van der Waals surface area (Å²) in [5.74, 6) is -0.492. The van der Waals surface area contributed by atoms with Gasteiger partial charge in [-0.25, -0.2) is 4.72 Å². The van der Waals surface area contributed by atoms with Crippen LogP contribution in [0.5, 0.6) is 0 Å². The topological polar surface area (TPSA) is 75.7 Å². The van der Waals surface area contributed by atoms with E-state index in [0.29, 0.717) is 13.0 Å². The highest BCUT2D eigenvalue weighted by Gasteiger charge is 2.36. The van der Waals surface area contributed by atoms with Crippen LogP contribution in [0.15, 0.2) is 0 Å². The summed E-state index contributed by atoms with van der Waals surface area (Å²) < 4.78 is 31.2. The van der Waals surface area contributed by atoms with E-state index in [1.54, 1.807) is 0 Å². The lowest BCUT2D eigenvalue weighted by Crippen LogP contribution is -2.51. The van der Waals surface area contributed by atoms with Gasteiger partial charge in [-0.15, -0.1) is 0 Å². The largest absolute Gasteiger partial charge is 0.468 e. The zero-order chi connectivity index (χ0) is 11.5. The Morgan fingerprint density at radius 3 is 2.67 bits per heavy atom. The fourth-order valence-corrected chi connectivity index (χ4v) is 2.81. The molecule has 0 amide bonds. The third kappa shape index (κ3) is 2.67. The smallest absolute Gasteiger partial charge is 0.324 e.